The molecule has 1 atom stereocenters. The largest absolute Gasteiger partial charge is 0.417 e. The molecule has 0 fully saturated rings. The van der Waals surface area contributed by atoms with E-state index in [1.807, 2.05) is 0 Å². The van der Waals surface area contributed by atoms with Crippen molar-refractivity contribution in [3.63, 3.8) is 0 Å². The van der Waals surface area contributed by atoms with Gasteiger partial charge in [-0.25, -0.2) is 15.0 Å². The van der Waals surface area contributed by atoms with Gasteiger partial charge >= 0.3 is 6.18 Å². The van der Waals surface area contributed by atoms with Crippen LogP contribution in [0.25, 0.3) is 0 Å². The Hall–Kier alpha value is -3.58. The van der Waals surface area contributed by atoms with Gasteiger partial charge in [0.1, 0.15) is 27.1 Å². The van der Waals surface area contributed by atoms with Crippen LogP contribution in [0, 0.1) is 0 Å². The number of aromatic nitrogens is 3. The van der Waals surface area contributed by atoms with Crippen LogP contribution in [0.5, 0.6) is 0 Å². The maximum Gasteiger partial charge on any atom is 0.417 e. The van der Waals surface area contributed by atoms with E-state index < -0.39 is 29.6 Å². The molecule has 4 N–H and O–H groups in total. The monoisotopic (exact) mass is 511 g/mol. The SMILES string of the molecule is CN=Cc1ccc(NC(=O)c2cnc(C(C)NC(=O)c3ncnc(N)c3Cl)s2)cc1C(F)(F)F. The average Bonchev–Trinajstić information content (AvgIpc) is 3.27. The van der Waals surface area contributed by atoms with Gasteiger partial charge in [-0.3, -0.25) is 14.6 Å². The lowest BCUT2D eigenvalue weighted by atomic mass is 10.1. The first-order chi connectivity index (χ1) is 16.0. The van der Waals surface area contributed by atoms with E-state index in [9.17, 15) is 22.8 Å². The molecule has 0 aliphatic heterocycles. The number of anilines is 2. The van der Waals surface area contributed by atoms with Gasteiger partial charge in [0.25, 0.3) is 11.8 Å². The summed E-state index contributed by atoms with van der Waals surface area (Å²) in [4.78, 5) is 40.3. The van der Waals surface area contributed by atoms with Crippen LogP contribution < -0.4 is 16.4 Å². The van der Waals surface area contributed by atoms with Crippen LogP contribution in [0.4, 0.5) is 24.7 Å². The summed E-state index contributed by atoms with van der Waals surface area (Å²) in [7, 11) is 1.36. The van der Waals surface area contributed by atoms with Crippen molar-refractivity contribution in [2.45, 2.75) is 19.1 Å². The summed E-state index contributed by atoms with van der Waals surface area (Å²) < 4.78 is 40.0. The summed E-state index contributed by atoms with van der Waals surface area (Å²) >= 11 is 6.91. The third-order valence-corrected chi connectivity index (χ3v) is 5.93. The molecule has 2 heterocycles. The van der Waals surface area contributed by atoms with Crippen LogP contribution in [0.3, 0.4) is 0 Å². The highest BCUT2D eigenvalue weighted by atomic mass is 35.5. The summed E-state index contributed by atoms with van der Waals surface area (Å²) in [6.07, 6.45) is -1.18. The van der Waals surface area contributed by atoms with Crippen molar-refractivity contribution in [1.29, 1.82) is 0 Å². The summed E-state index contributed by atoms with van der Waals surface area (Å²) in [5.74, 6) is -1.33. The number of benzene rings is 1. The van der Waals surface area contributed by atoms with E-state index in [2.05, 4.69) is 30.6 Å². The molecule has 0 spiro atoms. The molecule has 1 unspecified atom stereocenters. The molecule has 9 nitrogen and oxygen atoms in total. The number of halogens is 4. The molecule has 0 bridgehead atoms. The second kappa shape index (κ2) is 10.1. The fraction of sp³-hybridized carbons (Fsp3) is 0.200. The maximum absolute atomic E-state index is 13.3. The number of nitrogens with zero attached hydrogens (tertiary/aromatic N) is 4. The number of hydrogen-bond donors (Lipinski definition) is 3. The predicted molar refractivity (Wildman–Crippen MR) is 122 cm³/mol. The molecule has 0 aliphatic carbocycles. The Labute approximate surface area is 200 Å². The Balaban J connectivity index is 1.73. The zero-order valence-corrected chi connectivity index (χ0v) is 19.2. The highest BCUT2D eigenvalue weighted by Crippen LogP contribution is 2.33. The molecule has 3 rings (SSSR count). The summed E-state index contributed by atoms with van der Waals surface area (Å²) in [5.41, 5.74) is 4.36. The predicted octanol–water partition coefficient (Wildman–Crippen LogP) is 3.98. The van der Waals surface area contributed by atoms with Crippen molar-refractivity contribution < 1.29 is 22.8 Å². The standard InChI is InChI=1S/C20H17ClF3N7O2S/c1-9(30-18(33)15-14(21)16(25)29-8-28-15)19-27-7-13(34-19)17(32)31-11-4-3-10(6-26-2)12(5-11)20(22,23)24/h3-9H,1-2H3,(H,30,33)(H,31,32)(H2,25,28,29). The van der Waals surface area contributed by atoms with Crippen molar-refractivity contribution in [2.24, 2.45) is 4.99 Å². The van der Waals surface area contributed by atoms with Crippen LogP contribution in [-0.4, -0.2) is 40.0 Å². The van der Waals surface area contributed by atoms with E-state index in [0.717, 1.165) is 29.9 Å². The number of rotatable bonds is 6. The molecule has 3 aromatic rings. The second-order valence-corrected chi connectivity index (χ2v) is 8.26. The minimum absolute atomic E-state index is 0.0436. The van der Waals surface area contributed by atoms with E-state index in [4.69, 9.17) is 17.3 Å². The Morgan fingerprint density at radius 1 is 1.24 bits per heavy atom. The van der Waals surface area contributed by atoms with Gasteiger partial charge in [0.2, 0.25) is 0 Å². The number of amides is 2. The Morgan fingerprint density at radius 2 is 1.97 bits per heavy atom. The van der Waals surface area contributed by atoms with Gasteiger partial charge in [-0.2, -0.15) is 13.2 Å². The van der Waals surface area contributed by atoms with Crippen LogP contribution in [-0.2, 0) is 6.18 Å². The summed E-state index contributed by atoms with van der Waals surface area (Å²) in [5, 5.41) is 5.34. The first kappa shape index (κ1) is 25.1. The fourth-order valence-corrected chi connectivity index (χ4v) is 3.78. The second-order valence-electron chi connectivity index (χ2n) is 6.82. The quantitative estimate of drug-likeness (QED) is 0.428. The number of hydrogen-bond acceptors (Lipinski definition) is 8. The first-order valence-corrected chi connectivity index (χ1v) is 10.7. The van der Waals surface area contributed by atoms with E-state index >= 15 is 0 Å². The topological polar surface area (TPSA) is 135 Å². The van der Waals surface area contributed by atoms with Gasteiger partial charge in [-0.1, -0.05) is 17.7 Å². The molecule has 0 aliphatic rings. The number of aliphatic imine (C=N–C) groups is 1. The van der Waals surface area contributed by atoms with Gasteiger partial charge < -0.3 is 16.4 Å². The van der Waals surface area contributed by atoms with Gasteiger partial charge in [0.15, 0.2) is 5.69 Å². The van der Waals surface area contributed by atoms with E-state index in [1.165, 1.54) is 25.4 Å². The smallest absolute Gasteiger partial charge is 0.382 e. The molecule has 0 saturated heterocycles. The van der Waals surface area contributed by atoms with Crippen molar-refractivity contribution in [3.8, 4) is 0 Å². The van der Waals surface area contributed by atoms with Crippen LogP contribution in [0.2, 0.25) is 5.02 Å². The van der Waals surface area contributed by atoms with E-state index in [-0.39, 0.29) is 32.7 Å². The molecule has 1 aromatic carbocycles. The minimum Gasteiger partial charge on any atom is -0.382 e. The average molecular weight is 512 g/mol. The molecule has 2 aromatic heterocycles. The van der Waals surface area contributed by atoms with Crippen molar-refractivity contribution in [1.82, 2.24) is 20.3 Å². The third kappa shape index (κ3) is 5.66. The van der Waals surface area contributed by atoms with Crippen molar-refractivity contribution in [3.05, 3.63) is 62.5 Å². The van der Waals surface area contributed by atoms with Gasteiger partial charge in [0, 0.05) is 24.5 Å². The number of nitrogens with two attached hydrogens (primary N) is 1. The zero-order chi connectivity index (χ0) is 25.0. The highest BCUT2D eigenvalue weighted by molar-refractivity contribution is 7.13. The lowest BCUT2D eigenvalue weighted by Crippen LogP contribution is -2.28. The third-order valence-electron chi connectivity index (χ3n) is 4.38. The number of nitrogens with one attached hydrogen (secondary N) is 2. The number of carbonyl (C=O) groups is 2. The Bertz CT molecular complexity index is 1260. The number of thiazole rings is 1. The Morgan fingerprint density at radius 3 is 2.65 bits per heavy atom. The highest BCUT2D eigenvalue weighted by Gasteiger charge is 2.33. The zero-order valence-electron chi connectivity index (χ0n) is 17.6. The summed E-state index contributed by atoms with van der Waals surface area (Å²) in [6, 6.07) is 2.76. The van der Waals surface area contributed by atoms with Crippen LogP contribution >= 0.6 is 22.9 Å². The molecule has 178 valence electrons. The lowest BCUT2D eigenvalue weighted by molar-refractivity contribution is -0.137. The fourth-order valence-electron chi connectivity index (χ4n) is 2.79. The minimum atomic E-state index is -4.63. The summed E-state index contributed by atoms with van der Waals surface area (Å²) in [6.45, 7) is 1.63. The van der Waals surface area contributed by atoms with E-state index in [0.29, 0.717) is 5.01 Å². The first-order valence-electron chi connectivity index (χ1n) is 9.48. The molecule has 0 saturated carbocycles. The van der Waals surface area contributed by atoms with Crippen molar-refractivity contribution >= 4 is 52.5 Å². The number of nitrogen functional groups attached to an aromatic ring is 1. The van der Waals surface area contributed by atoms with Crippen LogP contribution in [0.1, 0.15) is 49.3 Å². The molecule has 34 heavy (non-hydrogen) atoms. The number of alkyl halides is 3. The number of carbonyl (C=O) groups excluding carboxylic acids is 2. The van der Waals surface area contributed by atoms with E-state index in [1.54, 1.807) is 6.92 Å². The normalized spacial score (nSPS) is 12.5. The van der Waals surface area contributed by atoms with Crippen LogP contribution in [0.15, 0.2) is 35.7 Å². The van der Waals surface area contributed by atoms with Gasteiger partial charge in [0.05, 0.1) is 17.8 Å². The van der Waals surface area contributed by atoms with Gasteiger partial charge in [-0.05, 0) is 19.1 Å². The lowest BCUT2D eigenvalue weighted by Gasteiger charge is -2.13. The Kier molecular flexibility index (Phi) is 7.47. The molecule has 0 radical (unpaired) electrons. The van der Waals surface area contributed by atoms with Crippen molar-refractivity contribution in [2.75, 3.05) is 18.1 Å². The molecular weight excluding hydrogens is 495 g/mol. The maximum atomic E-state index is 13.3. The van der Waals surface area contributed by atoms with Gasteiger partial charge in [-0.15, -0.1) is 11.3 Å². The molecular formula is C20H17ClF3N7O2S. The molecule has 2 amide bonds. The molecule has 14 heteroatoms.